The normalized spacial score (nSPS) is 12.1. The molecule has 0 aliphatic rings. The number of aromatic nitrogens is 9. The summed E-state index contributed by atoms with van der Waals surface area (Å²) in [5.41, 5.74) is 8.31. The van der Waals surface area contributed by atoms with Gasteiger partial charge in [-0.1, -0.05) is 77.9 Å². The van der Waals surface area contributed by atoms with E-state index in [4.69, 9.17) is 19.4 Å². The number of fused-ring (bicyclic) bond motifs is 9. The molecule has 11 nitrogen and oxygen atoms in total. The zero-order valence-electron chi connectivity index (χ0n) is 38.6. The molecule has 0 amide bonds. The third-order valence-electron chi connectivity index (χ3n) is 13.0. The van der Waals surface area contributed by atoms with Gasteiger partial charge < -0.3 is 9.47 Å². The van der Waals surface area contributed by atoms with Crippen LogP contribution in [-0.4, -0.2) is 44.1 Å². The Morgan fingerprint density at radius 2 is 0.721 bits per heavy atom. The van der Waals surface area contributed by atoms with Crippen LogP contribution >= 0.6 is 0 Å². The minimum Gasteiger partial charge on any atom is -0.457 e. The van der Waals surface area contributed by atoms with E-state index in [0.29, 0.717) is 46.6 Å². The van der Waals surface area contributed by atoms with Crippen LogP contribution in [0.15, 0.2) is 158 Å². The summed E-state index contributed by atoms with van der Waals surface area (Å²) in [4.78, 5) is 9.69. The highest BCUT2D eigenvalue weighted by Crippen LogP contribution is 2.40. The fourth-order valence-corrected chi connectivity index (χ4v) is 9.50. The molecule has 0 N–H and O–H groups in total. The molecule has 0 atom stereocenters. The van der Waals surface area contributed by atoms with Crippen molar-refractivity contribution in [1.29, 1.82) is 0 Å². The lowest BCUT2D eigenvalue weighted by Gasteiger charge is -2.12. The van der Waals surface area contributed by atoms with E-state index in [1.807, 2.05) is 67.2 Å². The van der Waals surface area contributed by atoms with Crippen LogP contribution < -0.4 is 9.47 Å². The summed E-state index contributed by atoms with van der Waals surface area (Å²) >= 11 is 0. The molecule has 0 radical (unpaired) electrons. The molecule has 12 rings (SSSR count). The maximum atomic E-state index is 6.75. The van der Waals surface area contributed by atoms with Crippen molar-refractivity contribution in [1.82, 2.24) is 44.1 Å². The third kappa shape index (κ3) is 6.88. The number of benzene rings is 6. The second-order valence-corrected chi connectivity index (χ2v) is 18.4. The van der Waals surface area contributed by atoms with E-state index in [1.54, 1.807) is 0 Å². The van der Waals surface area contributed by atoms with Crippen LogP contribution in [-0.2, 0) is 0 Å². The number of nitrogens with zero attached hydrogens (tertiary/aromatic N) is 9. The predicted octanol–water partition coefficient (Wildman–Crippen LogP) is 14.3. The van der Waals surface area contributed by atoms with Crippen LogP contribution in [0, 0.1) is 0 Å². The summed E-state index contributed by atoms with van der Waals surface area (Å²) in [6.07, 6.45) is 3.79. The first-order valence-corrected chi connectivity index (χ1v) is 23.2. The Balaban J connectivity index is 0.958. The van der Waals surface area contributed by atoms with Gasteiger partial charge in [-0.3, -0.25) is 13.7 Å². The average molecular weight is 890 g/mol. The van der Waals surface area contributed by atoms with E-state index < -0.39 is 0 Å². The molecular weight excluding hydrogens is 843 g/mol. The van der Waals surface area contributed by atoms with Gasteiger partial charge in [-0.2, -0.15) is 0 Å². The molecule has 0 bridgehead atoms. The summed E-state index contributed by atoms with van der Waals surface area (Å²) in [6.45, 7) is 12.9. The summed E-state index contributed by atoms with van der Waals surface area (Å²) in [6, 6.07) is 50.2. The topological polar surface area (TPSA) is 111 Å². The third-order valence-corrected chi connectivity index (χ3v) is 13.0. The van der Waals surface area contributed by atoms with E-state index >= 15 is 0 Å². The van der Waals surface area contributed by atoms with E-state index in [9.17, 15) is 0 Å². The number of hydrogen-bond donors (Lipinski definition) is 0. The molecular formula is C57H47N9O2. The predicted molar refractivity (Wildman–Crippen MR) is 272 cm³/mol. The summed E-state index contributed by atoms with van der Waals surface area (Å²) < 4.78 is 19.9. The summed E-state index contributed by atoms with van der Waals surface area (Å²) in [5, 5.41) is 24.8. The first-order chi connectivity index (χ1) is 33.2. The Morgan fingerprint density at radius 1 is 0.353 bits per heavy atom. The Kier molecular flexibility index (Phi) is 9.75. The number of hydrogen-bond acceptors (Lipinski definition) is 8. The molecule has 332 valence electrons. The molecule has 0 spiro atoms. The first kappa shape index (κ1) is 41.0. The smallest absolute Gasteiger partial charge is 0.273 e. The van der Waals surface area contributed by atoms with Crippen LogP contribution in [0.4, 0.5) is 0 Å². The minimum absolute atomic E-state index is 0.0686. The van der Waals surface area contributed by atoms with E-state index in [1.165, 1.54) is 11.1 Å². The zero-order valence-corrected chi connectivity index (χ0v) is 38.6. The molecule has 6 heterocycles. The molecule has 0 unspecified atom stereocenters. The zero-order chi connectivity index (χ0) is 46.2. The number of ether oxygens (including phenoxy) is 2. The van der Waals surface area contributed by atoms with Crippen LogP contribution in [0.5, 0.6) is 23.0 Å². The number of rotatable bonds is 10. The molecule has 6 aromatic carbocycles. The van der Waals surface area contributed by atoms with Crippen LogP contribution in [0.2, 0.25) is 0 Å². The Bertz CT molecular complexity index is 3690. The highest BCUT2D eigenvalue weighted by molar-refractivity contribution is 6.11. The van der Waals surface area contributed by atoms with E-state index in [2.05, 4.69) is 166 Å². The Labute approximate surface area is 392 Å². The van der Waals surface area contributed by atoms with E-state index in [-0.39, 0.29) is 5.92 Å². The fourth-order valence-electron chi connectivity index (χ4n) is 9.50. The van der Waals surface area contributed by atoms with Crippen LogP contribution in [0.25, 0.3) is 83.0 Å². The van der Waals surface area contributed by atoms with Crippen molar-refractivity contribution >= 4 is 65.4 Å². The summed E-state index contributed by atoms with van der Waals surface area (Å²) in [7, 11) is 0. The van der Waals surface area contributed by atoms with Gasteiger partial charge >= 0.3 is 0 Å². The number of pyridine rings is 2. The first-order valence-electron chi connectivity index (χ1n) is 23.2. The SMILES string of the molecule is CC(C)c1ccnc(-n2c3ccccc3c3ccc(Oc4ccc5c6ccc(Oc7ccc8c9ccccc9n(-c9cc(C(C)C)ccn9)c8c7)cc6n(-c6nnc(C(C)C)nn6)c5c4)cc32)c1. The largest absolute Gasteiger partial charge is 0.457 e. The average Bonchev–Trinajstić information content (AvgIpc) is 3.98. The van der Waals surface area contributed by atoms with Gasteiger partial charge in [0, 0.05) is 74.9 Å². The molecule has 0 fully saturated rings. The lowest BCUT2D eigenvalue weighted by atomic mass is 10.1. The highest BCUT2D eigenvalue weighted by Gasteiger charge is 2.21. The van der Waals surface area contributed by atoms with Gasteiger partial charge in [0.05, 0.1) is 33.1 Å². The van der Waals surface area contributed by atoms with Crippen molar-refractivity contribution in [3.8, 4) is 40.6 Å². The van der Waals surface area contributed by atoms with Crippen LogP contribution in [0.1, 0.15) is 76.2 Å². The monoisotopic (exact) mass is 889 g/mol. The number of para-hydroxylation sites is 2. The quantitative estimate of drug-likeness (QED) is 0.133. The molecule has 11 heteroatoms. The van der Waals surface area contributed by atoms with Crippen molar-refractivity contribution in [2.75, 3.05) is 0 Å². The highest BCUT2D eigenvalue weighted by atomic mass is 16.5. The second kappa shape index (κ2) is 16.2. The van der Waals surface area contributed by atoms with Gasteiger partial charge in [-0.15, -0.1) is 20.4 Å². The standard InChI is InChI=1S/C57H47N9O2/c1-33(2)36-23-25-58-54(27-36)64-48-13-9-7-11-42(48)44-19-15-38(29-50(44)64)67-40-17-21-46-47-22-18-41(32-53(47)66(52(46)31-40)57-62-60-56(35(5)6)61-63-57)68-39-16-20-45-43-12-8-10-14-49(43)65(51(45)30-39)55-28-37(34(3)4)24-26-59-55/h7-35H,1-6H3. The van der Waals surface area contributed by atoms with Gasteiger partial charge in [0.15, 0.2) is 5.82 Å². The Hall–Kier alpha value is -8.44. The molecule has 0 saturated heterocycles. The Morgan fingerprint density at radius 3 is 1.10 bits per heavy atom. The summed E-state index contributed by atoms with van der Waals surface area (Å²) in [5.74, 6) is 6.14. The lowest BCUT2D eigenvalue weighted by Crippen LogP contribution is -2.09. The second-order valence-electron chi connectivity index (χ2n) is 18.4. The maximum Gasteiger partial charge on any atom is 0.273 e. The van der Waals surface area contributed by atoms with Crippen molar-refractivity contribution in [3.05, 3.63) is 175 Å². The fraction of sp³-hybridized carbons (Fsp3) is 0.158. The van der Waals surface area contributed by atoms with Crippen molar-refractivity contribution < 1.29 is 9.47 Å². The van der Waals surface area contributed by atoms with Crippen molar-refractivity contribution in [2.45, 2.75) is 59.3 Å². The van der Waals surface area contributed by atoms with Crippen LogP contribution in [0.3, 0.4) is 0 Å². The maximum absolute atomic E-state index is 6.75. The minimum atomic E-state index is 0.0686. The molecule has 12 aromatic rings. The molecule has 68 heavy (non-hydrogen) atoms. The van der Waals surface area contributed by atoms with Gasteiger partial charge in [-0.05, 0) is 108 Å². The molecule has 0 aliphatic heterocycles. The van der Waals surface area contributed by atoms with Gasteiger partial charge in [0.1, 0.15) is 34.6 Å². The van der Waals surface area contributed by atoms with Gasteiger partial charge in [0.25, 0.3) is 5.95 Å². The molecule has 0 aliphatic carbocycles. The van der Waals surface area contributed by atoms with Gasteiger partial charge in [-0.25, -0.2) is 9.97 Å². The van der Waals surface area contributed by atoms with Gasteiger partial charge in [0.2, 0.25) is 0 Å². The van der Waals surface area contributed by atoms with E-state index in [0.717, 1.165) is 77.1 Å². The van der Waals surface area contributed by atoms with Crippen molar-refractivity contribution in [3.63, 3.8) is 0 Å². The molecule has 0 saturated carbocycles. The lowest BCUT2D eigenvalue weighted by molar-refractivity contribution is 0.484. The molecule has 6 aromatic heterocycles. The van der Waals surface area contributed by atoms with Crippen molar-refractivity contribution in [2.24, 2.45) is 0 Å².